The van der Waals surface area contributed by atoms with Gasteiger partial charge in [0, 0.05) is 18.7 Å². The predicted octanol–water partition coefficient (Wildman–Crippen LogP) is 2.06. The van der Waals surface area contributed by atoms with Crippen LogP contribution in [0.1, 0.15) is 19.7 Å². The van der Waals surface area contributed by atoms with E-state index in [1.807, 2.05) is 19.9 Å². The molecular weight excluding hydrogens is 230 g/mol. The molecule has 1 atom stereocenters. The topological polar surface area (TPSA) is 81.2 Å². The Labute approximate surface area is 105 Å². The van der Waals surface area contributed by atoms with E-state index < -0.39 is 6.04 Å². The Balaban J connectivity index is 2.19. The van der Waals surface area contributed by atoms with Crippen LogP contribution < -0.4 is 11.1 Å². The molecule has 0 aliphatic carbocycles. The summed E-state index contributed by atoms with van der Waals surface area (Å²) in [5, 5.41) is 2.77. The first kappa shape index (κ1) is 12.6. The number of aromatic nitrogens is 1. The quantitative estimate of drug-likeness (QED) is 0.869. The standard InChI is InChI=1S/C13H17N3O2/c1-7(2)12(14)13(17)16-9-4-5-10-11(6-9)18-8(3)15-10/h4-7,12H,14H2,1-3H3,(H,16,17)/t12-/m0/s1. The second-order valence-corrected chi connectivity index (χ2v) is 4.67. The number of carbonyl (C=O) groups excluding carboxylic acids is 1. The maximum Gasteiger partial charge on any atom is 0.241 e. The van der Waals surface area contributed by atoms with E-state index in [0.29, 0.717) is 17.2 Å². The molecule has 0 spiro atoms. The lowest BCUT2D eigenvalue weighted by Crippen LogP contribution is -2.39. The number of hydrogen-bond donors (Lipinski definition) is 2. The number of anilines is 1. The van der Waals surface area contributed by atoms with Gasteiger partial charge in [-0.15, -0.1) is 0 Å². The van der Waals surface area contributed by atoms with E-state index in [1.54, 1.807) is 19.1 Å². The van der Waals surface area contributed by atoms with Gasteiger partial charge in [0.15, 0.2) is 11.5 Å². The van der Waals surface area contributed by atoms with E-state index in [-0.39, 0.29) is 11.8 Å². The van der Waals surface area contributed by atoms with E-state index >= 15 is 0 Å². The van der Waals surface area contributed by atoms with Gasteiger partial charge in [0.1, 0.15) is 5.52 Å². The van der Waals surface area contributed by atoms with Crippen LogP contribution >= 0.6 is 0 Å². The first-order valence-corrected chi connectivity index (χ1v) is 5.91. The van der Waals surface area contributed by atoms with Gasteiger partial charge < -0.3 is 15.5 Å². The van der Waals surface area contributed by atoms with Crippen LogP contribution in [0.15, 0.2) is 22.6 Å². The highest BCUT2D eigenvalue weighted by molar-refractivity contribution is 5.96. The van der Waals surface area contributed by atoms with Crippen LogP contribution in [0.4, 0.5) is 5.69 Å². The van der Waals surface area contributed by atoms with Crippen molar-refractivity contribution in [2.75, 3.05) is 5.32 Å². The van der Waals surface area contributed by atoms with E-state index in [4.69, 9.17) is 10.2 Å². The Hall–Kier alpha value is -1.88. The molecule has 2 aromatic rings. The minimum Gasteiger partial charge on any atom is -0.441 e. The van der Waals surface area contributed by atoms with Crippen LogP contribution in [0.2, 0.25) is 0 Å². The summed E-state index contributed by atoms with van der Waals surface area (Å²) in [6.45, 7) is 5.60. The van der Waals surface area contributed by atoms with Gasteiger partial charge in [-0.3, -0.25) is 4.79 Å². The Morgan fingerprint density at radius 2 is 2.17 bits per heavy atom. The molecule has 1 aromatic heterocycles. The minimum atomic E-state index is -0.517. The van der Waals surface area contributed by atoms with Crippen LogP contribution in [-0.4, -0.2) is 16.9 Å². The number of amides is 1. The maximum absolute atomic E-state index is 11.8. The molecule has 5 heteroatoms. The average molecular weight is 247 g/mol. The fourth-order valence-electron chi connectivity index (χ4n) is 1.65. The van der Waals surface area contributed by atoms with Crippen LogP contribution in [0.3, 0.4) is 0 Å². The Morgan fingerprint density at radius 3 is 2.83 bits per heavy atom. The molecule has 1 amide bonds. The number of hydrogen-bond acceptors (Lipinski definition) is 4. The van der Waals surface area contributed by atoms with Gasteiger partial charge >= 0.3 is 0 Å². The van der Waals surface area contributed by atoms with Crippen molar-refractivity contribution in [3.63, 3.8) is 0 Å². The molecular formula is C13H17N3O2. The van der Waals surface area contributed by atoms with Gasteiger partial charge in [0.2, 0.25) is 5.91 Å². The van der Waals surface area contributed by atoms with E-state index in [0.717, 1.165) is 5.52 Å². The van der Waals surface area contributed by atoms with Crippen molar-refractivity contribution < 1.29 is 9.21 Å². The number of carbonyl (C=O) groups is 1. The summed E-state index contributed by atoms with van der Waals surface area (Å²) < 4.78 is 5.40. The number of nitrogens with one attached hydrogen (secondary N) is 1. The van der Waals surface area contributed by atoms with Gasteiger partial charge in [-0.05, 0) is 18.1 Å². The molecule has 0 unspecified atom stereocenters. The largest absolute Gasteiger partial charge is 0.441 e. The van der Waals surface area contributed by atoms with Crippen molar-refractivity contribution in [2.45, 2.75) is 26.8 Å². The highest BCUT2D eigenvalue weighted by Crippen LogP contribution is 2.20. The lowest BCUT2D eigenvalue weighted by Gasteiger charge is -2.15. The molecule has 0 fully saturated rings. The smallest absolute Gasteiger partial charge is 0.241 e. The molecule has 0 saturated heterocycles. The summed E-state index contributed by atoms with van der Waals surface area (Å²) in [6, 6.07) is 4.83. The lowest BCUT2D eigenvalue weighted by atomic mass is 10.0. The zero-order valence-corrected chi connectivity index (χ0v) is 10.7. The molecule has 1 aromatic carbocycles. The number of benzene rings is 1. The SMILES string of the molecule is Cc1nc2ccc(NC(=O)[C@@H](N)C(C)C)cc2o1. The summed E-state index contributed by atoms with van der Waals surface area (Å²) in [7, 11) is 0. The molecule has 0 radical (unpaired) electrons. The summed E-state index contributed by atoms with van der Waals surface area (Å²) in [5.74, 6) is 0.509. The molecule has 2 rings (SSSR count). The molecule has 3 N–H and O–H groups in total. The molecule has 96 valence electrons. The number of aryl methyl sites for hydroxylation is 1. The monoisotopic (exact) mass is 247 g/mol. The fourth-order valence-corrected chi connectivity index (χ4v) is 1.65. The number of nitrogens with two attached hydrogens (primary N) is 1. The third kappa shape index (κ3) is 2.51. The van der Waals surface area contributed by atoms with Crippen LogP contribution in [0.5, 0.6) is 0 Å². The Bertz CT molecular complexity index is 575. The van der Waals surface area contributed by atoms with Gasteiger partial charge in [0.05, 0.1) is 6.04 Å². The number of oxazole rings is 1. The fraction of sp³-hybridized carbons (Fsp3) is 0.385. The van der Waals surface area contributed by atoms with Crippen LogP contribution in [0, 0.1) is 12.8 Å². The van der Waals surface area contributed by atoms with Gasteiger partial charge in [-0.1, -0.05) is 13.8 Å². The molecule has 1 heterocycles. The maximum atomic E-state index is 11.8. The highest BCUT2D eigenvalue weighted by Gasteiger charge is 2.17. The molecule has 18 heavy (non-hydrogen) atoms. The first-order chi connectivity index (χ1) is 8.47. The summed E-state index contributed by atoms with van der Waals surface area (Å²) >= 11 is 0. The summed E-state index contributed by atoms with van der Waals surface area (Å²) in [5.41, 5.74) is 7.88. The third-order valence-corrected chi connectivity index (χ3v) is 2.78. The van der Waals surface area contributed by atoms with Crippen molar-refractivity contribution in [3.05, 3.63) is 24.1 Å². The number of rotatable bonds is 3. The Morgan fingerprint density at radius 1 is 1.44 bits per heavy atom. The highest BCUT2D eigenvalue weighted by atomic mass is 16.3. The zero-order chi connectivity index (χ0) is 13.3. The molecule has 0 bridgehead atoms. The predicted molar refractivity (Wildman–Crippen MR) is 70.2 cm³/mol. The van der Waals surface area contributed by atoms with Crippen molar-refractivity contribution in [2.24, 2.45) is 11.7 Å². The van der Waals surface area contributed by atoms with Crippen molar-refractivity contribution >= 4 is 22.7 Å². The van der Waals surface area contributed by atoms with Crippen LogP contribution in [0.25, 0.3) is 11.1 Å². The average Bonchev–Trinajstić information content (AvgIpc) is 2.67. The van der Waals surface area contributed by atoms with E-state index in [1.165, 1.54) is 0 Å². The van der Waals surface area contributed by atoms with Crippen molar-refractivity contribution in [1.82, 2.24) is 4.98 Å². The van der Waals surface area contributed by atoms with Crippen molar-refractivity contribution in [1.29, 1.82) is 0 Å². The molecule has 0 saturated carbocycles. The summed E-state index contributed by atoms with van der Waals surface area (Å²) in [4.78, 5) is 16.0. The Kier molecular flexibility index (Phi) is 3.34. The normalized spacial score (nSPS) is 12.9. The van der Waals surface area contributed by atoms with E-state index in [9.17, 15) is 4.79 Å². The minimum absolute atomic E-state index is 0.0984. The van der Waals surface area contributed by atoms with Gasteiger partial charge in [-0.25, -0.2) is 4.98 Å². The summed E-state index contributed by atoms with van der Waals surface area (Å²) in [6.07, 6.45) is 0. The molecule has 0 aliphatic rings. The second-order valence-electron chi connectivity index (χ2n) is 4.67. The van der Waals surface area contributed by atoms with Gasteiger partial charge in [-0.2, -0.15) is 0 Å². The molecule has 0 aliphatic heterocycles. The van der Waals surface area contributed by atoms with Crippen molar-refractivity contribution in [3.8, 4) is 0 Å². The third-order valence-electron chi connectivity index (χ3n) is 2.78. The number of nitrogens with zero attached hydrogens (tertiary/aromatic N) is 1. The lowest BCUT2D eigenvalue weighted by molar-refractivity contribution is -0.118. The second kappa shape index (κ2) is 4.78. The molecule has 5 nitrogen and oxygen atoms in total. The number of fused-ring (bicyclic) bond motifs is 1. The van der Waals surface area contributed by atoms with Crippen LogP contribution in [-0.2, 0) is 4.79 Å². The van der Waals surface area contributed by atoms with Gasteiger partial charge in [0.25, 0.3) is 0 Å². The first-order valence-electron chi connectivity index (χ1n) is 5.91. The van der Waals surface area contributed by atoms with E-state index in [2.05, 4.69) is 10.3 Å². The zero-order valence-electron chi connectivity index (χ0n) is 10.7.